The summed E-state index contributed by atoms with van der Waals surface area (Å²) < 4.78 is 1.38. The standard InChI is InChI=1S/C18H15NS.C3H8.H2/c1-2-6-13(7-3-1)19-14-10-11-16-15-8-4-5-9-17(15)20-18(16)12-14;1-3-2;/h1-4,6-8,10-12,19H,5,9H2;3H2,1-2H3;1H. The highest BCUT2D eigenvalue weighted by Crippen LogP contribution is 2.37. The Morgan fingerprint density at radius 1 is 1.04 bits per heavy atom. The second-order valence-electron chi connectivity index (χ2n) is 5.79. The fourth-order valence-corrected chi connectivity index (χ4v) is 3.96. The van der Waals surface area contributed by atoms with Gasteiger partial charge in [-0.2, -0.15) is 0 Å². The van der Waals surface area contributed by atoms with E-state index in [9.17, 15) is 0 Å². The van der Waals surface area contributed by atoms with Crippen molar-refractivity contribution in [2.24, 2.45) is 0 Å². The van der Waals surface area contributed by atoms with Crippen molar-refractivity contribution >= 4 is 38.9 Å². The van der Waals surface area contributed by atoms with Gasteiger partial charge in [-0.15, -0.1) is 11.3 Å². The van der Waals surface area contributed by atoms with Crippen LogP contribution in [0, 0.1) is 0 Å². The summed E-state index contributed by atoms with van der Waals surface area (Å²) in [7, 11) is 0. The van der Waals surface area contributed by atoms with Crippen molar-refractivity contribution in [2.45, 2.75) is 33.1 Å². The molecule has 0 spiro atoms. The number of thiophene rings is 1. The SMILES string of the molecule is C1=Cc2c(sc3cc(Nc4ccccc4)ccc23)CC1.CCC.[HH]. The first kappa shape index (κ1) is 15.8. The molecule has 1 heterocycles. The Balaban J connectivity index is 0.000000487. The van der Waals surface area contributed by atoms with E-state index in [1.807, 2.05) is 17.4 Å². The highest BCUT2D eigenvalue weighted by atomic mass is 32.1. The Morgan fingerprint density at radius 2 is 1.83 bits per heavy atom. The van der Waals surface area contributed by atoms with Crippen LogP contribution in [0.4, 0.5) is 11.4 Å². The highest BCUT2D eigenvalue weighted by Gasteiger charge is 2.12. The number of anilines is 2. The van der Waals surface area contributed by atoms with Crippen molar-refractivity contribution in [2.75, 3.05) is 5.32 Å². The summed E-state index contributed by atoms with van der Waals surface area (Å²) in [5.41, 5.74) is 3.72. The summed E-state index contributed by atoms with van der Waals surface area (Å²) >= 11 is 1.93. The first-order valence-electron chi connectivity index (χ1n) is 8.35. The lowest BCUT2D eigenvalue weighted by Gasteiger charge is -2.06. The van der Waals surface area contributed by atoms with Crippen molar-refractivity contribution < 1.29 is 1.43 Å². The number of benzene rings is 2. The van der Waals surface area contributed by atoms with Crippen LogP contribution < -0.4 is 5.32 Å². The minimum atomic E-state index is 0. The Labute approximate surface area is 144 Å². The van der Waals surface area contributed by atoms with Gasteiger partial charge in [0.25, 0.3) is 0 Å². The lowest BCUT2D eigenvalue weighted by molar-refractivity contribution is 1.02. The van der Waals surface area contributed by atoms with E-state index in [-0.39, 0.29) is 1.43 Å². The van der Waals surface area contributed by atoms with Gasteiger partial charge in [-0.1, -0.05) is 56.7 Å². The molecule has 0 atom stereocenters. The predicted molar refractivity (Wildman–Crippen MR) is 107 cm³/mol. The van der Waals surface area contributed by atoms with Gasteiger partial charge in [-0.3, -0.25) is 0 Å². The van der Waals surface area contributed by atoms with E-state index in [0.29, 0.717) is 0 Å². The molecule has 1 aromatic heterocycles. The summed E-state index contributed by atoms with van der Waals surface area (Å²) in [6, 6.07) is 17.0. The van der Waals surface area contributed by atoms with E-state index in [0.717, 1.165) is 11.4 Å². The van der Waals surface area contributed by atoms with Crippen LogP contribution in [0.15, 0.2) is 54.6 Å². The Morgan fingerprint density at radius 3 is 2.61 bits per heavy atom. The molecular weight excluding hydrogens is 298 g/mol. The maximum absolute atomic E-state index is 3.47. The van der Waals surface area contributed by atoms with Gasteiger partial charge >= 0.3 is 0 Å². The summed E-state index contributed by atoms with van der Waals surface area (Å²) in [5, 5.41) is 4.85. The molecule has 0 unspecified atom stereocenters. The second kappa shape index (κ2) is 7.47. The molecule has 0 saturated carbocycles. The predicted octanol–water partition coefficient (Wildman–Crippen LogP) is 7.27. The topological polar surface area (TPSA) is 12.0 Å². The smallest absolute Gasteiger partial charge is 0.0398 e. The van der Waals surface area contributed by atoms with Gasteiger partial charge in [0.05, 0.1) is 0 Å². The third kappa shape index (κ3) is 3.65. The minimum absolute atomic E-state index is 0. The van der Waals surface area contributed by atoms with Gasteiger partial charge in [0, 0.05) is 27.8 Å². The van der Waals surface area contributed by atoms with E-state index in [1.54, 1.807) is 0 Å². The molecule has 1 N–H and O–H groups in total. The molecule has 3 aromatic rings. The molecule has 0 aliphatic heterocycles. The first-order valence-corrected chi connectivity index (χ1v) is 9.17. The molecule has 1 aliphatic carbocycles. The first-order chi connectivity index (χ1) is 11.3. The Hall–Kier alpha value is -2.06. The van der Waals surface area contributed by atoms with Crippen molar-refractivity contribution in [1.29, 1.82) is 0 Å². The molecule has 0 amide bonds. The molecule has 0 saturated heterocycles. The normalized spacial score (nSPS) is 12.4. The minimum Gasteiger partial charge on any atom is -0.355 e. The maximum Gasteiger partial charge on any atom is 0.0398 e. The third-order valence-corrected chi connectivity index (χ3v) is 4.92. The number of fused-ring (bicyclic) bond motifs is 3. The van der Waals surface area contributed by atoms with Crippen LogP contribution in [0.2, 0.25) is 0 Å². The number of hydrogen-bond acceptors (Lipinski definition) is 2. The fourth-order valence-electron chi connectivity index (χ4n) is 2.72. The zero-order valence-corrected chi connectivity index (χ0v) is 14.6. The summed E-state index contributed by atoms with van der Waals surface area (Å²) in [6.07, 6.45) is 8.17. The molecule has 1 aliphatic rings. The molecule has 2 heteroatoms. The quantitative estimate of drug-likeness (QED) is 0.523. The third-order valence-electron chi connectivity index (χ3n) is 3.69. The van der Waals surface area contributed by atoms with Gasteiger partial charge in [0.15, 0.2) is 0 Å². The van der Waals surface area contributed by atoms with Crippen LogP contribution >= 0.6 is 11.3 Å². The van der Waals surface area contributed by atoms with Gasteiger partial charge in [-0.25, -0.2) is 0 Å². The number of para-hydroxylation sites is 1. The molecule has 0 fully saturated rings. The largest absolute Gasteiger partial charge is 0.355 e. The second-order valence-corrected chi connectivity index (χ2v) is 6.93. The van der Waals surface area contributed by atoms with E-state index < -0.39 is 0 Å². The van der Waals surface area contributed by atoms with Gasteiger partial charge in [0.2, 0.25) is 0 Å². The van der Waals surface area contributed by atoms with Crippen molar-refractivity contribution in [3.05, 3.63) is 65.0 Å². The monoisotopic (exact) mass is 323 g/mol. The van der Waals surface area contributed by atoms with E-state index in [4.69, 9.17) is 0 Å². The van der Waals surface area contributed by atoms with Gasteiger partial charge in [-0.05, 0) is 42.7 Å². The fraction of sp³-hybridized carbons (Fsp3) is 0.238. The van der Waals surface area contributed by atoms with Crippen LogP contribution in [0.25, 0.3) is 16.2 Å². The van der Waals surface area contributed by atoms with Crippen LogP contribution in [-0.4, -0.2) is 0 Å². The molecule has 0 radical (unpaired) electrons. The average molecular weight is 324 g/mol. The number of aryl methyl sites for hydroxylation is 1. The lowest BCUT2D eigenvalue weighted by atomic mass is 10.0. The van der Waals surface area contributed by atoms with Crippen molar-refractivity contribution in [3.8, 4) is 0 Å². The summed E-state index contributed by atoms with van der Waals surface area (Å²) in [5.74, 6) is 0. The summed E-state index contributed by atoms with van der Waals surface area (Å²) in [6.45, 7) is 4.25. The van der Waals surface area contributed by atoms with Crippen LogP contribution in [0.3, 0.4) is 0 Å². The maximum atomic E-state index is 3.47. The van der Waals surface area contributed by atoms with Crippen molar-refractivity contribution in [3.63, 3.8) is 0 Å². The lowest BCUT2D eigenvalue weighted by Crippen LogP contribution is -1.89. The molecule has 2 aromatic carbocycles. The van der Waals surface area contributed by atoms with E-state index >= 15 is 0 Å². The number of rotatable bonds is 2. The zero-order chi connectivity index (χ0) is 16.1. The molecule has 120 valence electrons. The molecule has 1 nitrogen and oxygen atoms in total. The van der Waals surface area contributed by atoms with E-state index in [2.05, 4.69) is 73.8 Å². The molecule has 23 heavy (non-hydrogen) atoms. The Bertz CT molecular complexity index is 805. The molecular formula is C21H25NS. The van der Waals surface area contributed by atoms with Gasteiger partial charge < -0.3 is 5.32 Å². The van der Waals surface area contributed by atoms with Crippen molar-refractivity contribution in [1.82, 2.24) is 0 Å². The van der Waals surface area contributed by atoms with Crippen LogP contribution in [0.5, 0.6) is 0 Å². The van der Waals surface area contributed by atoms with Crippen LogP contribution in [-0.2, 0) is 6.42 Å². The average Bonchev–Trinajstić information content (AvgIpc) is 2.94. The Kier molecular flexibility index (Phi) is 5.14. The summed E-state index contributed by atoms with van der Waals surface area (Å²) in [4.78, 5) is 1.53. The number of allylic oxidation sites excluding steroid dienone is 1. The zero-order valence-electron chi connectivity index (χ0n) is 13.8. The number of nitrogens with one attached hydrogen (secondary N) is 1. The molecule has 4 rings (SSSR count). The van der Waals surface area contributed by atoms with Gasteiger partial charge in [0.1, 0.15) is 0 Å². The van der Waals surface area contributed by atoms with E-state index in [1.165, 1.54) is 39.8 Å². The number of hydrogen-bond donors (Lipinski definition) is 1. The highest BCUT2D eigenvalue weighted by molar-refractivity contribution is 7.19. The molecule has 0 bridgehead atoms. The van der Waals surface area contributed by atoms with Crippen LogP contribution in [0.1, 0.15) is 38.6 Å².